The van der Waals surface area contributed by atoms with E-state index in [0.717, 1.165) is 28.2 Å². The summed E-state index contributed by atoms with van der Waals surface area (Å²) in [5.74, 6) is 2.61. The van der Waals surface area contributed by atoms with Gasteiger partial charge in [0.15, 0.2) is 5.16 Å². The number of aryl methyl sites for hydroxylation is 2. The van der Waals surface area contributed by atoms with Gasteiger partial charge in [0.1, 0.15) is 11.6 Å². The van der Waals surface area contributed by atoms with Gasteiger partial charge in [-0.15, -0.1) is 10.2 Å². The lowest BCUT2D eigenvalue weighted by Crippen LogP contribution is -1.99. The van der Waals surface area contributed by atoms with E-state index in [2.05, 4.69) is 58.1 Å². The summed E-state index contributed by atoms with van der Waals surface area (Å²) in [6.45, 7) is 4.06. The normalized spacial score (nSPS) is 10.7. The van der Waals surface area contributed by atoms with E-state index in [1.165, 1.54) is 11.1 Å². The quantitative estimate of drug-likeness (QED) is 0.660. The van der Waals surface area contributed by atoms with E-state index in [9.17, 15) is 0 Å². The van der Waals surface area contributed by atoms with Crippen LogP contribution in [0.3, 0.4) is 0 Å². The van der Waals surface area contributed by atoms with Crippen LogP contribution in [0, 0.1) is 13.8 Å². The monoisotopic (exact) mass is 325 g/mol. The first-order chi connectivity index (χ1) is 11.2. The molecule has 0 saturated carbocycles. The third kappa shape index (κ3) is 3.56. The molecule has 0 aliphatic rings. The molecule has 0 amide bonds. The SMILES string of the molecule is COc1ccc(CSc2nnc(C)n2-c2ccc(C)cc2)cc1. The minimum absolute atomic E-state index is 0.841. The number of benzene rings is 2. The first-order valence-corrected chi connectivity index (χ1v) is 8.41. The van der Waals surface area contributed by atoms with Crippen LogP contribution in [0.25, 0.3) is 5.69 Å². The highest BCUT2D eigenvalue weighted by Gasteiger charge is 2.11. The molecule has 0 unspecified atom stereocenters. The van der Waals surface area contributed by atoms with Crippen molar-refractivity contribution in [3.63, 3.8) is 0 Å². The lowest BCUT2D eigenvalue weighted by Gasteiger charge is -2.09. The van der Waals surface area contributed by atoms with Crippen molar-refractivity contribution in [2.24, 2.45) is 0 Å². The standard InChI is InChI=1S/C18H19N3OS/c1-13-4-8-16(9-5-13)21-14(2)19-20-18(21)23-12-15-6-10-17(22-3)11-7-15/h4-11H,12H2,1-3H3. The molecule has 0 aliphatic carbocycles. The van der Waals surface area contributed by atoms with Crippen molar-refractivity contribution in [2.75, 3.05) is 7.11 Å². The maximum Gasteiger partial charge on any atom is 0.196 e. The molecule has 3 rings (SSSR count). The van der Waals surface area contributed by atoms with Gasteiger partial charge in [0.25, 0.3) is 0 Å². The molecule has 0 bridgehead atoms. The Hall–Kier alpha value is -2.27. The first kappa shape index (κ1) is 15.6. The van der Waals surface area contributed by atoms with Gasteiger partial charge in [-0.1, -0.05) is 41.6 Å². The Morgan fingerprint density at radius 3 is 2.30 bits per heavy atom. The molecule has 23 heavy (non-hydrogen) atoms. The Labute approximate surface area is 140 Å². The van der Waals surface area contributed by atoms with Crippen LogP contribution < -0.4 is 4.74 Å². The fourth-order valence-electron chi connectivity index (χ4n) is 2.30. The summed E-state index contributed by atoms with van der Waals surface area (Å²) in [5.41, 5.74) is 3.56. The molecule has 0 aliphatic heterocycles. The number of rotatable bonds is 5. The van der Waals surface area contributed by atoms with Crippen LogP contribution in [0.15, 0.2) is 53.7 Å². The fourth-order valence-corrected chi connectivity index (χ4v) is 3.25. The molecule has 0 radical (unpaired) electrons. The van der Waals surface area contributed by atoms with Gasteiger partial charge in [0.2, 0.25) is 0 Å². The largest absolute Gasteiger partial charge is 0.497 e. The smallest absolute Gasteiger partial charge is 0.196 e. The van der Waals surface area contributed by atoms with Crippen LogP contribution >= 0.6 is 11.8 Å². The van der Waals surface area contributed by atoms with Gasteiger partial charge in [-0.2, -0.15) is 0 Å². The third-order valence-electron chi connectivity index (χ3n) is 3.61. The van der Waals surface area contributed by atoms with Crippen molar-refractivity contribution in [3.05, 3.63) is 65.5 Å². The molecule has 5 heteroatoms. The molecule has 0 spiro atoms. The number of aromatic nitrogens is 3. The summed E-state index contributed by atoms with van der Waals surface area (Å²) in [4.78, 5) is 0. The number of nitrogens with zero attached hydrogens (tertiary/aromatic N) is 3. The molecule has 2 aromatic carbocycles. The topological polar surface area (TPSA) is 39.9 Å². The van der Waals surface area contributed by atoms with E-state index < -0.39 is 0 Å². The van der Waals surface area contributed by atoms with Gasteiger partial charge in [-0.3, -0.25) is 4.57 Å². The Morgan fingerprint density at radius 2 is 1.65 bits per heavy atom. The maximum atomic E-state index is 5.19. The molecule has 4 nitrogen and oxygen atoms in total. The zero-order chi connectivity index (χ0) is 16.2. The highest BCUT2D eigenvalue weighted by Crippen LogP contribution is 2.26. The van der Waals surface area contributed by atoms with Crippen LogP contribution in [0.2, 0.25) is 0 Å². The molecule has 0 N–H and O–H groups in total. The zero-order valence-electron chi connectivity index (χ0n) is 13.5. The van der Waals surface area contributed by atoms with Gasteiger partial charge in [0, 0.05) is 11.4 Å². The second-order valence-electron chi connectivity index (χ2n) is 5.34. The van der Waals surface area contributed by atoms with E-state index >= 15 is 0 Å². The molecule has 0 saturated heterocycles. The third-order valence-corrected chi connectivity index (χ3v) is 4.61. The molecular formula is C18H19N3OS. The van der Waals surface area contributed by atoms with Crippen LogP contribution in [-0.4, -0.2) is 21.9 Å². The first-order valence-electron chi connectivity index (χ1n) is 7.42. The van der Waals surface area contributed by atoms with Crippen molar-refractivity contribution in [1.82, 2.24) is 14.8 Å². The minimum Gasteiger partial charge on any atom is -0.497 e. The van der Waals surface area contributed by atoms with Gasteiger partial charge in [-0.05, 0) is 43.7 Å². The summed E-state index contributed by atoms with van der Waals surface area (Å²) in [5, 5.41) is 9.45. The molecule has 1 aromatic heterocycles. The summed E-state index contributed by atoms with van der Waals surface area (Å²) < 4.78 is 7.28. The van der Waals surface area contributed by atoms with Crippen molar-refractivity contribution in [2.45, 2.75) is 24.8 Å². The molecule has 0 fully saturated rings. The van der Waals surface area contributed by atoms with Crippen molar-refractivity contribution in [1.29, 1.82) is 0 Å². The Bertz CT molecular complexity index is 779. The van der Waals surface area contributed by atoms with Gasteiger partial charge in [-0.25, -0.2) is 0 Å². The Morgan fingerprint density at radius 1 is 0.957 bits per heavy atom. The molecule has 0 atom stereocenters. The zero-order valence-corrected chi connectivity index (χ0v) is 14.3. The van der Waals surface area contributed by atoms with Gasteiger partial charge in [0.05, 0.1) is 7.11 Å². The maximum absolute atomic E-state index is 5.19. The summed E-state index contributed by atoms with van der Waals surface area (Å²) in [6, 6.07) is 16.5. The lowest BCUT2D eigenvalue weighted by atomic mass is 10.2. The second kappa shape index (κ2) is 6.87. The minimum atomic E-state index is 0.841. The highest BCUT2D eigenvalue weighted by atomic mass is 32.2. The molecule has 1 heterocycles. The average Bonchev–Trinajstić information content (AvgIpc) is 2.95. The number of hydrogen-bond acceptors (Lipinski definition) is 4. The fraction of sp³-hybridized carbons (Fsp3) is 0.222. The summed E-state index contributed by atoms with van der Waals surface area (Å²) >= 11 is 1.68. The molecule has 118 valence electrons. The Kier molecular flexibility index (Phi) is 4.67. The van der Waals surface area contributed by atoms with Crippen molar-refractivity contribution in [3.8, 4) is 11.4 Å². The highest BCUT2D eigenvalue weighted by molar-refractivity contribution is 7.98. The number of hydrogen-bond donors (Lipinski definition) is 0. The van der Waals surface area contributed by atoms with Crippen molar-refractivity contribution < 1.29 is 4.74 Å². The van der Waals surface area contributed by atoms with E-state index in [4.69, 9.17) is 4.74 Å². The van der Waals surface area contributed by atoms with E-state index in [-0.39, 0.29) is 0 Å². The van der Waals surface area contributed by atoms with E-state index in [0.29, 0.717) is 0 Å². The van der Waals surface area contributed by atoms with Gasteiger partial charge >= 0.3 is 0 Å². The Balaban J connectivity index is 1.79. The number of thioether (sulfide) groups is 1. The van der Waals surface area contributed by atoms with Gasteiger partial charge < -0.3 is 4.74 Å². The molecular weight excluding hydrogens is 306 g/mol. The number of methoxy groups -OCH3 is 1. The van der Waals surface area contributed by atoms with Crippen LogP contribution in [0.1, 0.15) is 17.0 Å². The summed E-state index contributed by atoms with van der Waals surface area (Å²) in [7, 11) is 1.68. The summed E-state index contributed by atoms with van der Waals surface area (Å²) in [6.07, 6.45) is 0. The number of ether oxygens (including phenoxy) is 1. The van der Waals surface area contributed by atoms with Crippen LogP contribution in [-0.2, 0) is 5.75 Å². The van der Waals surface area contributed by atoms with Crippen LogP contribution in [0.4, 0.5) is 0 Å². The van der Waals surface area contributed by atoms with E-state index in [1.54, 1.807) is 18.9 Å². The second-order valence-corrected chi connectivity index (χ2v) is 6.28. The predicted molar refractivity (Wildman–Crippen MR) is 93.4 cm³/mol. The van der Waals surface area contributed by atoms with Crippen LogP contribution in [0.5, 0.6) is 5.75 Å². The van der Waals surface area contributed by atoms with E-state index in [1.807, 2.05) is 19.1 Å². The molecule has 3 aromatic rings. The lowest BCUT2D eigenvalue weighted by molar-refractivity contribution is 0.414. The predicted octanol–water partition coefficient (Wildman–Crippen LogP) is 4.19. The average molecular weight is 325 g/mol. The van der Waals surface area contributed by atoms with Crippen molar-refractivity contribution >= 4 is 11.8 Å².